The number of nitrogens with zero attached hydrogens (tertiary/aromatic N) is 6. The van der Waals surface area contributed by atoms with Gasteiger partial charge in [-0.3, -0.25) is 4.90 Å². The van der Waals surface area contributed by atoms with Crippen molar-refractivity contribution in [1.29, 1.82) is 0 Å². The lowest BCUT2D eigenvalue weighted by Crippen LogP contribution is -2.64. The van der Waals surface area contributed by atoms with E-state index in [0.717, 1.165) is 43.9 Å². The van der Waals surface area contributed by atoms with Crippen molar-refractivity contribution >= 4 is 23.5 Å². The van der Waals surface area contributed by atoms with E-state index in [1.54, 1.807) is 0 Å². The average molecular weight is 560 g/mol. The molecule has 12 heteroatoms. The molecule has 3 heterocycles. The molecule has 0 unspecified atom stereocenters. The quantitative estimate of drug-likeness (QED) is 0.553. The van der Waals surface area contributed by atoms with Gasteiger partial charge in [0.15, 0.2) is 0 Å². The molecule has 2 aromatic rings. The number of piperazine rings is 1. The van der Waals surface area contributed by atoms with E-state index in [-0.39, 0.29) is 5.75 Å². The Morgan fingerprint density at radius 1 is 0.775 bits per heavy atom. The Morgan fingerprint density at radius 2 is 1.32 bits per heavy atom. The van der Waals surface area contributed by atoms with Crippen LogP contribution < -0.4 is 19.9 Å². The third-order valence-corrected chi connectivity index (χ3v) is 9.49. The molecule has 8 rings (SSSR count). The summed E-state index contributed by atoms with van der Waals surface area (Å²) in [6.45, 7) is 6.32. The van der Waals surface area contributed by atoms with Gasteiger partial charge < -0.3 is 24.6 Å². The predicted octanol–water partition coefficient (Wildman–Crippen LogP) is 4.44. The zero-order valence-electron chi connectivity index (χ0n) is 22.6. The fourth-order valence-corrected chi connectivity index (χ4v) is 8.16. The summed E-state index contributed by atoms with van der Waals surface area (Å²) >= 11 is 0. The summed E-state index contributed by atoms with van der Waals surface area (Å²) in [5.41, 5.74) is 0.958. The van der Waals surface area contributed by atoms with E-state index in [9.17, 15) is 13.2 Å². The van der Waals surface area contributed by atoms with Crippen LogP contribution in [0, 0.1) is 17.8 Å². The molecule has 9 nitrogen and oxygen atoms in total. The molecule has 216 valence electrons. The minimum Gasteiger partial charge on any atom is -0.406 e. The number of alkyl halides is 3. The number of hydrogen-bond donors (Lipinski definition) is 1. The minimum atomic E-state index is -4.73. The molecule has 4 bridgehead atoms. The normalized spacial score (nSPS) is 30.5. The predicted molar refractivity (Wildman–Crippen MR) is 144 cm³/mol. The molecule has 6 aliphatic rings. The molecule has 40 heavy (non-hydrogen) atoms. The molecular formula is C28H36F3N7O2. The van der Waals surface area contributed by atoms with Gasteiger partial charge in [-0.15, -0.1) is 13.2 Å². The highest BCUT2D eigenvalue weighted by Crippen LogP contribution is 2.57. The maximum atomic E-state index is 12.6. The SMILES string of the molecule is FC(F)(F)Oc1ccc(Nc2nc(N3CCOCC3)nc(N3CCN(C45CC6CC(CC(C6)C4)C5)CC3)n2)cc1. The molecule has 6 fully saturated rings. The molecule has 1 N–H and O–H groups in total. The lowest BCUT2D eigenvalue weighted by Gasteiger charge is -2.61. The maximum absolute atomic E-state index is 12.6. The van der Waals surface area contributed by atoms with Crippen molar-refractivity contribution in [2.75, 3.05) is 67.6 Å². The van der Waals surface area contributed by atoms with Crippen LogP contribution in [0.2, 0.25) is 0 Å². The lowest BCUT2D eigenvalue weighted by atomic mass is 9.52. The molecule has 4 aliphatic carbocycles. The van der Waals surface area contributed by atoms with Gasteiger partial charge in [-0.2, -0.15) is 15.0 Å². The topological polar surface area (TPSA) is 78.9 Å². The number of morpholine rings is 1. The van der Waals surface area contributed by atoms with Gasteiger partial charge in [0, 0.05) is 50.5 Å². The maximum Gasteiger partial charge on any atom is 0.573 e. The van der Waals surface area contributed by atoms with Gasteiger partial charge in [-0.25, -0.2) is 0 Å². The van der Waals surface area contributed by atoms with Gasteiger partial charge in [-0.05, 0) is 80.5 Å². The summed E-state index contributed by atoms with van der Waals surface area (Å²) in [6, 6.07) is 5.57. The molecule has 2 aliphatic heterocycles. The van der Waals surface area contributed by atoms with Crippen LogP contribution in [0.15, 0.2) is 24.3 Å². The van der Waals surface area contributed by atoms with Crippen LogP contribution in [0.25, 0.3) is 0 Å². The standard InChI is InChI=1S/C28H36F3N7O2/c29-28(30,31)40-23-3-1-22(2-4-23)32-24-33-25(35-26(34-24)37-9-11-39-12-10-37)36-5-7-38(8-6-36)27-16-19-13-20(17-27)15-21(14-19)18-27/h1-4,19-21H,5-18H2,(H,32,33,34,35). The first-order valence-electron chi connectivity index (χ1n) is 14.5. The highest BCUT2D eigenvalue weighted by Gasteiger charge is 2.53. The Bertz CT molecular complexity index is 1160. The van der Waals surface area contributed by atoms with E-state index in [4.69, 9.17) is 14.7 Å². The third-order valence-electron chi connectivity index (χ3n) is 9.49. The average Bonchev–Trinajstić information content (AvgIpc) is 2.93. The summed E-state index contributed by atoms with van der Waals surface area (Å²) in [7, 11) is 0. The van der Waals surface area contributed by atoms with E-state index in [1.165, 1.54) is 62.8 Å². The van der Waals surface area contributed by atoms with Crippen molar-refractivity contribution < 1.29 is 22.6 Å². The summed E-state index contributed by atoms with van der Waals surface area (Å²) in [4.78, 5) is 21.4. The fourth-order valence-electron chi connectivity index (χ4n) is 8.16. The summed E-state index contributed by atoms with van der Waals surface area (Å²) in [6.07, 6.45) is 3.71. The lowest BCUT2D eigenvalue weighted by molar-refractivity contribution is -0.274. The zero-order chi connectivity index (χ0) is 27.3. The second-order valence-corrected chi connectivity index (χ2v) is 12.2. The second kappa shape index (κ2) is 10.2. The van der Waals surface area contributed by atoms with Crippen LogP contribution in [-0.4, -0.2) is 84.2 Å². The number of benzene rings is 1. The zero-order valence-corrected chi connectivity index (χ0v) is 22.6. The molecule has 1 aromatic carbocycles. The Balaban J connectivity index is 1.08. The van der Waals surface area contributed by atoms with Crippen LogP contribution in [-0.2, 0) is 4.74 Å². The van der Waals surface area contributed by atoms with E-state index in [2.05, 4.69) is 29.7 Å². The van der Waals surface area contributed by atoms with Gasteiger partial charge in [0.2, 0.25) is 17.8 Å². The molecule has 4 saturated carbocycles. The number of rotatable bonds is 6. The van der Waals surface area contributed by atoms with Gasteiger partial charge in [-0.1, -0.05) is 0 Å². The van der Waals surface area contributed by atoms with E-state index >= 15 is 0 Å². The van der Waals surface area contributed by atoms with Crippen LogP contribution in [0.4, 0.5) is 36.7 Å². The minimum absolute atomic E-state index is 0.278. The number of halogens is 3. The fraction of sp³-hybridized carbons (Fsp3) is 0.679. The van der Waals surface area contributed by atoms with E-state index < -0.39 is 6.36 Å². The number of nitrogens with one attached hydrogen (secondary N) is 1. The molecule has 1 aromatic heterocycles. The molecule has 0 atom stereocenters. The first-order valence-corrected chi connectivity index (χ1v) is 14.5. The second-order valence-electron chi connectivity index (χ2n) is 12.2. The van der Waals surface area contributed by atoms with Crippen molar-refractivity contribution in [1.82, 2.24) is 19.9 Å². The number of aromatic nitrogens is 3. The van der Waals surface area contributed by atoms with E-state index in [1.807, 2.05) is 0 Å². The highest BCUT2D eigenvalue weighted by molar-refractivity contribution is 5.57. The molecule has 0 amide bonds. The largest absolute Gasteiger partial charge is 0.573 e. The summed E-state index contributed by atoms with van der Waals surface area (Å²) in [5.74, 6) is 4.06. The Labute approximate surface area is 232 Å². The Kier molecular flexibility index (Phi) is 6.65. The van der Waals surface area contributed by atoms with Crippen LogP contribution in [0.3, 0.4) is 0 Å². The number of anilines is 4. The third kappa shape index (κ3) is 5.39. The van der Waals surface area contributed by atoms with Gasteiger partial charge in [0.25, 0.3) is 0 Å². The summed E-state index contributed by atoms with van der Waals surface area (Å²) in [5, 5.41) is 3.16. The van der Waals surface area contributed by atoms with Gasteiger partial charge in [0.05, 0.1) is 13.2 Å². The number of hydrogen-bond acceptors (Lipinski definition) is 9. The molecule has 0 spiro atoms. The number of ether oxygens (including phenoxy) is 2. The van der Waals surface area contributed by atoms with Gasteiger partial charge in [0.1, 0.15) is 5.75 Å². The van der Waals surface area contributed by atoms with Crippen LogP contribution in [0.5, 0.6) is 5.75 Å². The monoisotopic (exact) mass is 559 g/mol. The summed E-state index contributed by atoms with van der Waals surface area (Å²) < 4.78 is 47.2. The van der Waals surface area contributed by atoms with Crippen molar-refractivity contribution in [3.63, 3.8) is 0 Å². The van der Waals surface area contributed by atoms with Crippen molar-refractivity contribution in [3.8, 4) is 5.75 Å². The molecular weight excluding hydrogens is 523 g/mol. The highest BCUT2D eigenvalue weighted by atomic mass is 19.4. The smallest absolute Gasteiger partial charge is 0.406 e. The van der Waals surface area contributed by atoms with E-state index in [0.29, 0.717) is 55.4 Å². The van der Waals surface area contributed by atoms with Crippen molar-refractivity contribution in [2.24, 2.45) is 17.8 Å². The molecule has 0 radical (unpaired) electrons. The Hall–Kier alpha value is -2.86. The van der Waals surface area contributed by atoms with Crippen molar-refractivity contribution in [2.45, 2.75) is 50.4 Å². The first-order chi connectivity index (χ1) is 19.3. The van der Waals surface area contributed by atoms with Crippen molar-refractivity contribution in [3.05, 3.63) is 24.3 Å². The molecule has 2 saturated heterocycles. The van der Waals surface area contributed by atoms with Crippen LogP contribution >= 0.6 is 0 Å². The first kappa shape index (κ1) is 26.1. The van der Waals surface area contributed by atoms with Crippen LogP contribution in [0.1, 0.15) is 38.5 Å². The Morgan fingerprint density at radius 3 is 1.88 bits per heavy atom. The van der Waals surface area contributed by atoms with Gasteiger partial charge >= 0.3 is 6.36 Å².